The van der Waals surface area contributed by atoms with Gasteiger partial charge in [-0.15, -0.1) is 0 Å². The molecule has 1 radical (unpaired) electrons. The minimum atomic E-state index is -1.66. The van der Waals surface area contributed by atoms with E-state index in [1.54, 1.807) is 22.4 Å². The van der Waals surface area contributed by atoms with Gasteiger partial charge in [0.25, 0.3) is 0 Å². The van der Waals surface area contributed by atoms with Gasteiger partial charge < -0.3 is 9.62 Å². The molecule has 3 rings (SSSR count). The van der Waals surface area contributed by atoms with Crippen molar-refractivity contribution in [3.8, 4) is 0 Å². The van der Waals surface area contributed by atoms with Crippen LogP contribution in [0.3, 0.4) is 0 Å². The molecule has 0 bridgehead atoms. The molecule has 1 heterocycles. The van der Waals surface area contributed by atoms with E-state index in [1.807, 2.05) is 0 Å². The van der Waals surface area contributed by atoms with E-state index in [2.05, 4.69) is 200 Å². The van der Waals surface area contributed by atoms with Crippen LogP contribution < -0.4 is 9.62 Å². The molecule has 1 atom stereocenters. The van der Waals surface area contributed by atoms with Crippen LogP contribution in [0.5, 0.6) is 0 Å². The van der Waals surface area contributed by atoms with Crippen molar-refractivity contribution in [2.45, 2.75) is 174 Å². The van der Waals surface area contributed by atoms with Gasteiger partial charge in [0.15, 0.2) is 0 Å². The molecule has 0 amide bonds. The lowest BCUT2D eigenvalue weighted by Gasteiger charge is -2.49. The molecule has 0 aliphatic carbocycles. The van der Waals surface area contributed by atoms with E-state index in [0.29, 0.717) is 15.5 Å². The molecule has 9 heteroatoms. The lowest BCUT2D eigenvalue weighted by molar-refractivity contribution is 0.849. The van der Waals surface area contributed by atoms with Gasteiger partial charge in [-0.05, 0) is 84.0 Å². The lowest BCUT2D eigenvalue weighted by Crippen LogP contribution is -2.54. The Morgan fingerprint density at radius 2 is 0.840 bits per heavy atom. The average molecular weight is 778 g/mol. The third kappa shape index (κ3) is 9.44. The summed E-state index contributed by atoms with van der Waals surface area (Å²) in [5, 5.41) is 2.02. The van der Waals surface area contributed by atoms with Crippen LogP contribution in [0, 0.1) is 20.8 Å². The number of allylic oxidation sites excluding steroid dienone is 1. The van der Waals surface area contributed by atoms with E-state index in [0.717, 1.165) is 0 Å². The Balaban J connectivity index is 2.68. The predicted molar refractivity (Wildman–Crippen MR) is 249 cm³/mol. The summed E-state index contributed by atoms with van der Waals surface area (Å²) in [5.41, 5.74) is 13.5. The van der Waals surface area contributed by atoms with Crippen LogP contribution in [-0.2, 0) is 0 Å². The largest absolute Gasteiger partial charge is 0.396 e. The number of benzene rings is 2. The minimum Gasteiger partial charge on any atom is -0.392 e. The van der Waals surface area contributed by atoms with E-state index < -0.39 is 48.4 Å². The number of nitrogens with zero attached hydrogens (tertiary/aromatic N) is 2. The molecular formula is C41H78BN2Si6. The summed E-state index contributed by atoms with van der Waals surface area (Å²) in [6.45, 7) is 59.6. The smallest absolute Gasteiger partial charge is 0.392 e. The van der Waals surface area contributed by atoms with E-state index >= 15 is 0 Å². The quantitative estimate of drug-likeness (QED) is 0.210. The summed E-state index contributed by atoms with van der Waals surface area (Å²) in [6.07, 6.45) is 2.54. The van der Waals surface area contributed by atoms with Crippen molar-refractivity contribution < 1.29 is 0 Å². The molecule has 0 fully saturated rings. The van der Waals surface area contributed by atoms with Crippen molar-refractivity contribution in [1.82, 2.24) is 0 Å². The highest BCUT2D eigenvalue weighted by Gasteiger charge is 2.48. The van der Waals surface area contributed by atoms with Crippen molar-refractivity contribution in [1.29, 1.82) is 0 Å². The molecule has 2 aromatic rings. The Hall–Kier alpha value is -0.854. The van der Waals surface area contributed by atoms with Gasteiger partial charge in [-0.3, -0.25) is 0 Å². The maximum absolute atomic E-state index is 2.85. The first-order valence-electron chi connectivity index (χ1n) is 19.6. The minimum absolute atomic E-state index is 0.276. The van der Waals surface area contributed by atoms with Gasteiger partial charge >= 0.3 is 7.55 Å². The molecule has 1 aliphatic heterocycles. The molecule has 0 N–H and O–H groups in total. The second kappa shape index (κ2) is 14.4. The number of anilines is 2. The number of aryl methyl sites for hydroxylation is 3. The van der Waals surface area contributed by atoms with Gasteiger partial charge in [0.05, 0.1) is 0 Å². The van der Waals surface area contributed by atoms with Crippen LogP contribution in [-0.4, -0.2) is 62.0 Å². The van der Waals surface area contributed by atoms with Crippen LogP contribution >= 0.6 is 0 Å². The normalized spacial score (nSPS) is 17.2. The Morgan fingerprint density at radius 1 is 0.500 bits per heavy atom. The van der Waals surface area contributed by atoms with Crippen LogP contribution in [0.4, 0.5) is 11.4 Å². The highest BCUT2D eigenvalue weighted by Crippen LogP contribution is 2.51. The predicted octanol–water partition coefficient (Wildman–Crippen LogP) is 13.3. The highest BCUT2D eigenvalue weighted by atomic mass is 28.4. The summed E-state index contributed by atoms with van der Waals surface area (Å²) in [4.78, 5) is 5.31. The van der Waals surface area contributed by atoms with Gasteiger partial charge in [-0.2, -0.15) is 0 Å². The standard InChI is InChI=1S/C41H78BN2Si6/c1-29-24-30(2)37(31(3)25-29)43-32(4)26-33(5)44(42-43)38-35(40(47(12,13)14)48(15,16)17)27-34(39(45(6,7)8)46(9,10)11)28-36(38)41(49(18,19)20)50(21,22)23/h24-28,33,39-41H,1-23H3. The van der Waals surface area contributed by atoms with Crippen LogP contribution in [0.25, 0.3) is 0 Å². The van der Waals surface area contributed by atoms with Crippen molar-refractivity contribution >= 4 is 67.4 Å². The molecule has 2 nitrogen and oxygen atoms in total. The molecule has 2 aromatic carbocycles. The van der Waals surface area contributed by atoms with Gasteiger partial charge in [0, 0.05) is 71.6 Å². The molecule has 0 spiro atoms. The highest BCUT2D eigenvalue weighted by molar-refractivity contribution is 6.98. The third-order valence-electron chi connectivity index (χ3n) is 11.0. The van der Waals surface area contributed by atoms with Crippen molar-refractivity contribution in [3.63, 3.8) is 0 Å². The Bertz CT molecular complexity index is 1460. The van der Waals surface area contributed by atoms with Gasteiger partial charge in [-0.1, -0.05) is 148 Å². The second-order valence-corrected chi connectivity index (χ2v) is 56.3. The topological polar surface area (TPSA) is 6.48 Å². The molecule has 0 saturated heterocycles. The zero-order valence-corrected chi connectivity index (χ0v) is 43.2. The first-order chi connectivity index (χ1) is 22.2. The first kappa shape index (κ1) is 43.5. The van der Waals surface area contributed by atoms with Gasteiger partial charge in [0.2, 0.25) is 0 Å². The number of rotatable bonds is 11. The molecule has 0 aromatic heterocycles. The number of hydrogen-bond donors (Lipinski definition) is 0. The van der Waals surface area contributed by atoms with E-state index in [1.165, 1.54) is 28.1 Å². The third-order valence-corrected chi connectivity index (χ3v) is 38.9. The van der Waals surface area contributed by atoms with Crippen molar-refractivity contribution in [2.24, 2.45) is 0 Å². The fourth-order valence-corrected chi connectivity index (χ4v) is 49.4. The summed E-state index contributed by atoms with van der Waals surface area (Å²) in [6, 6.07) is 10.7. The fraction of sp³-hybridized carbons (Fsp3) is 0.659. The van der Waals surface area contributed by atoms with Crippen molar-refractivity contribution in [3.05, 3.63) is 69.4 Å². The summed E-state index contributed by atoms with van der Waals surface area (Å²) in [5.74, 6) is 0. The Kier molecular flexibility index (Phi) is 12.6. The van der Waals surface area contributed by atoms with Gasteiger partial charge in [-0.25, -0.2) is 0 Å². The Labute approximate surface area is 318 Å². The summed E-state index contributed by atoms with van der Waals surface area (Å²) >= 11 is 0. The summed E-state index contributed by atoms with van der Waals surface area (Å²) in [7, 11) is -7.19. The first-order valence-corrected chi connectivity index (χ1v) is 41.0. The molecule has 279 valence electrons. The fourth-order valence-electron chi connectivity index (χ4n) is 11.3. The van der Waals surface area contributed by atoms with Crippen LogP contribution in [0.15, 0.2) is 36.0 Å². The monoisotopic (exact) mass is 777 g/mol. The van der Waals surface area contributed by atoms with E-state index in [9.17, 15) is 0 Å². The van der Waals surface area contributed by atoms with Crippen molar-refractivity contribution in [2.75, 3.05) is 9.62 Å². The maximum Gasteiger partial charge on any atom is 0.396 e. The van der Waals surface area contributed by atoms with Crippen LogP contribution in [0.1, 0.15) is 62.7 Å². The molecular weight excluding hydrogens is 700 g/mol. The SMILES string of the molecule is CC1=CC(C)N(c2c(C([Si](C)(C)C)[Si](C)(C)C)cc(C([Si](C)(C)C)[Si](C)(C)C)cc2C([Si](C)(C)C)[Si](C)(C)C)[B]N1c1c(C)cc(C)cc1C. The van der Waals surface area contributed by atoms with Crippen LogP contribution in [0.2, 0.25) is 118 Å². The van der Waals surface area contributed by atoms with E-state index in [4.69, 9.17) is 0 Å². The Morgan fingerprint density at radius 3 is 1.16 bits per heavy atom. The maximum atomic E-state index is 2.85. The molecule has 0 saturated carbocycles. The molecule has 1 aliphatic rings. The van der Waals surface area contributed by atoms with Gasteiger partial charge in [0.1, 0.15) is 0 Å². The molecule has 1 unspecified atom stereocenters. The summed E-state index contributed by atoms with van der Waals surface area (Å²) < 4.78 is 0. The van der Waals surface area contributed by atoms with E-state index in [-0.39, 0.29) is 6.04 Å². The average Bonchev–Trinajstić information content (AvgIpc) is 2.80. The number of hydrogen-bond acceptors (Lipinski definition) is 2. The zero-order valence-electron chi connectivity index (χ0n) is 37.2. The molecule has 50 heavy (non-hydrogen) atoms. The zero-order chi connectivity index (χ0) is 38.9. The lowest BCUT2D eigenvalue weighted by atomic mass is 9.87. The second-order valence-electron chi connectivity index (χ2n) is 22.7.